The van der Waals surface area contributed by atoms with Crippen molar-refractivity contribution in [3.8, 4) is 0 Å². The van der Waals surface area contributed by atoms with Crippen molar-refractivity contribution in [3.05, 3.63) is 29.3 Å². The number of rotatable bonds is 4. The largest absolute Gasteiger partial charge is 0.478 e. The van der Waals surface area contributed by atoms with E-state index in [4.69, 9.17) is 10.2 Å². The normalized spacial score (nSPS) is 14.2. The number of carboxylic acid groups (broad SMARTS) is 2. The zero-order valence-electron chi connectivity index (χ0n) is 9.92. The molecule has 9 heteroatoms. The molecule has 20 heavy (non-hydrogen) atoms. The minimum Gasteiger partial charge on any atom is -0.478 e. The smallest absolute Gasteiger partial charge is 0.336 e. The molecule has 1 aliphatic rings. The van der Waals surface area contributed by atoms with Crippen molar-refractivity contribution >= 4 is 29.7 Å². The van der Waals surface area contributed by atoms with Crippen LogP contribution in [0.15, 0.2) is 33.6 Å². The summed E-state index contributed by atoms with van der Waals surface area (Å²) < 4.78 is 0. The van der Waals surface area contributed by atoms with E-state index in [0.717, 1.165) is 17.3 Å². The van der Waals surface area contributed by atoms with E-state index < -0.39 is 17.5 Å². The van der Waals surface area contributed by atoms with Crippen LogP contribution in [0, 0.1) is 0 Å². The molecule has 1 aliphatic heterocycles. The summed E-state index contributed by atoms with van der Waals surface area (Å²) in [5, 5.41) is 29.3. The van der Waals surface area contributed by atoms with Crippen LogP contribution >= 0.6 is 0 Å². The third-order valence-electron chi connectivity index (χ3n) is 2.39. The second-order valence-corrected chi connectivity index (χ2v) is 3.71. The van der Waals surface area contributed by atoms with Gasteiger partial charge in [-0.1, -0.05) is 5.12 Å². The number of amides is 1. The summed E-state index contributed by atoms with van der Waals surface area (Å²) >= 11 is 0. The first kappa shape index (κ1) is 13.3. The van der Waals surface area contributed by atoms with Crippen LogP contribution in [0.25, 0.3) is 0 Å². The predicted molar refractivity (Wildman–Crippen MR) is 64.8 cm³/mol. The highest BCUT2D eigenvalue weighted by Gasteiger charge is 2.18. The van der Waals surface area contributed by atoms with Crippen LogP contribution in [0.1, 0.15) is 27.1 Å². The summed E-state index contributed by atoms with van der Waals surface area (Å²) in [4.78, 5) is 33.0. The summed E-state index contributed by atoms with van der Waals surface area (Å²) in [6.45, 7) is 0. The molecule has 2 rings (SSSR count). The molecular weight excluding hydrogens is 268 g/mol. The van der Waals surface area contributed by atoms with E-state index in [0.29, 0.717) is 0 Å². The first-order chi connectivity index (χ1) is 9.49. The first-order valence-corrected chi connectivity index (χ1v) is 5.36. The SMILES string of the molecule is O=C(O)c1ccc(N=NN2N=CCC2=O)cc1C(=O)O. The minimum absolute atomic E-state index is 0.0994. The zero-order chi connectivity index (χ0) is 14.7. The fraction of sp³-hybridized carbons (Fsp3) is 0.0909. The Kier molecular flexibility index (Phi) is 3.51. The topological polar surface area (TPSA) is 132 Å². The Bertz CT molecular complexity index is 652. The Morgan fingerprint density at radius 1 is 1.20 bits per heavy atom. The summed E-state index contributed by atoms with van der Waals surface area (Å²) in [5.41, 5.74) is -0.667. The average Bonchev–Trinajstić information content (AvgIpc) is 2.81. The Labute approximate surface area is 111 Å². The lowest BCUT2D eigenvalue weighted by Crippen LogP contribution is -2.12. The van der Waals surface area contributed by atoms with Crippen molar-refractivity contribution in [3.63, 3.8) is 0 Å². The second-order valence-electron chi connectivity index (χ2n) is 3.71. The number of carbonyl (C=O) groups excluding carboxylic acids is 1. The number of hydrazone groups is 1. The van der Waals surface area contributed by atoms with Crippen LogP contribution in [0.3, 0.4) is 0 Å². The van der Waals surface area contributed by atoms with Gasteiger partial charge in [-0.25, -0.2) is 9.59 Å². The standard InChI is InChI=1S/C11H8N4O5/c16-9-3-4-12-15(9)14-13-6-1-2-7(10(17)18)8(5-6)11(19)20/h1-2,4-5H,3H2,(H,17,18)(H,19,20). The highest BCUT2D eigenvalue weighted by molar-refractivity contribution is 6.02. The third kappa shape index (κ3) is 2.66. The van der Waals surface area contributed by atoms with Gasteiger partial charge in [-0.15, -0.1) is 5.11 Å². The van der Waals surface area contributed by atoms with Gasteiger partial charge in [0.15, 0.2) is 0 Å². The van der Waals surface area contributed by atoms with Crippen LogP contribution in [0.2, 0.25) is 0 Å². The van der Waals surface area contributed by atoms with Gasteiger partial charge in [0.05, 0.1) is 23.2 Å². The van der Waals surface area contributed by atoms with Crippen molar-refractivity contribution in [1.29, 1.82) is 0 Å². The Balaban J connectivity index is 2.29. The molecular formula is C11H8N4O5. The number of benzene rings is 1. The molecule has 1 amide bonds. The fourth-order valence-electron chi connectivity index (χ4n) is 1.47. The van der Waals surface area contributed by atoms with Gasteiger partial charge in [-0.05, 0) is 23.4 Å². The third-order valence-corrected chi connectivity index (χ3v) is 2.39. The summed E-state index contributed by atoms with van der Waals surface area (Å²) in [5.74, 6) is -3.12. The van der Waals surface area contributed by atoms with E-state index in [9.17, 15) is 14.4 Å². The van der Waals surface area contributed by atoms with Gasteiger partial charge in [-0.3, -0.25) is 4.79 Å². The minimum atomic E-state index is -1.39. The quantitative estimate of drug-likeness (QED) is 0.800. The zero-order valence-corrected chi connectivity index (χ0v) is 9.92. The molecule has 1 aromatic carbocycles. The molecule has 0 saturated carbocycles. The van der Waals surface area contributed by atoms with Gasteiger partial charge in [0, 0.05) is 6.21 Å². The summed E-state index contributed by atoms with van der Waals surface area (Å²) in [6.07, 6.45) is 1.48. The molecule has 0 fully saturated rings. The van der Waals surface area contributed by atoms with Gasteiger partial charge < -0.3 is 10.2 Å². The highest BCUT2D eigenvalue weighted by atomic mass is 16.4. The summed E-state index contributed by atoms with van der Waals surface area (Å²) in [6, 6.07) is 3.44. The number of hydrogen-bond donors (Lipinski definition) is 2. The molecule has 0 saturated heterocycles. The molecule has 0 radical (unpaired) electrons. The molecule has 1 aromatic rings. The maximum absolute atomic E-state index is 11.2. The molecule has 0 bridgehead atoms. The van der Waals surface area contributed by atoms with Crippen molar-refractivity contribution in [2.45, 2.75) is 6.42 Å². The maximum atomic E-state index is 11.2. The van der Waals surface area contributed by atoms with Gasteiger partial charge in [0.1, 0.15) is 0 Å². The van der Waals surface area contributed by atoms with Gasteiger partial charge in [0.2, 0.25) is 0 Å². The molecule has 102 valence electrons. The lowest BCUT2D eigenvalue weighted by molar-refractivity contribution is -0.129. The van der Waals surface area contributed by atoms with E-state index in [-0.39, 0.29) is 23.6 Å². The van der Waals surface area contributed by atoms with Crippen molar-refractivity contribution in [2.24, 2.45) is 15.4 Å². The Morgan fingerprint density at radius 2 is 1.90 bits per heavy atom. The van der Waals surface area contributed by atoms with Gasteiger partial charge in [-0.2, -0.15) is 5.10 Å². The average molecular weight is 276 g/mol. The molecule has 0 unspecified atom stereocenters. The second kappa shape index (κ2) is 5.26. The first-order valence-electron chi connectivity index (χ1n) is 5.36. The van der Waals surface area contributed by atoms with E-state index in [2.05, 4.69) is 15.4 Å². The van der Waals surface area contributed by atoms with Crippen LogP contribution < -0.4 is 0 Å². The molecule has 0 atom stereocenters. The molecule has 1 heterocycles. The maximum Gasteiger partial charge on any atom is 0.336 e. The Hall–Kier alpha value is -3.10. The monoisotopic (exact) mass is 276 g/mol. The summed E-state index contributed by atoms with van der Waals surface area (Å²) in [7, 11) is 0. The van der Waals surface area contributed by atoms with Gasteiger partial charge in [0.25, 0.3) is 5.91 Å². The lowest BCUT2D eigenvalue weighted by atomic mass is 10.1. The Morgan fingerprint density at radius 3 is 2.45 bits per heavy atom. The number of aromatic carboxylic acids is 2. The van der Waals surface area contributed by atoms with E-state index >= 15 is 0 Å². The molecule has 0 aliphatic carbocycles. The van der Waals surface area contributed by atoms with Crippen LogP contribution in [-0.4, -0.2) is 39.4 Å². The molecule has 0 aromatic heterocycles. The predicted octanol–water partition coefficient (Wildman–Crippen LogP) is 1.30. The van der Waals surface area contributed by atoms with Crippen molar-refractivity contribution < 1.29 is 24.6 Å². The fourth-order valence-corrected chi connectivity index (χ4v) is 1.47. The molecule has 2 N–H and O–H groups in total. The van der Waals surface area contributed by atoms with Gasteiger partial charge >= 0.3 is 11.9 Å². The van der Waals surface area contributed by atoms with E-state index in [1.54, 1.807) is 0 Å². The van der Waals surface area contributed by atoms with Crippen molar-refractivity contribution in [2.75, 3.05) is 0 Å². The van der Waals surface area contributed by atoms with Crippen molar-refractivity contribution in [1.82, 2.24) is 5.12 Å². The number of carbonyl (C=O) groups is 3. The van der Waals surface area contributed by atoms with Crippen LogP contribution in [0.4, 0.5) is 5.69 Å². The number of nitrogens with zero attached hydrogens (tertiary/aromatic N) is 4. The van der Waals surface area contributed by atoms with E-state index in [1.165, 1.54) is 12.3 Å². The highest BCUT2D eigenvalue weighted by Crippen LogP contribution is 2.20. The molecule has 0 spiro atoms. The molecule has 9 nitrogen and oxygen atoms in total. The van der Waals surface area contributed by atoms with Crippen LogP contribution in [0.5, 0.6) is 0 Å². The van der Waals surface area contributed by atoms with E-state index in [1.807, 2.05) is 0 Å². The van der Waals surface area contributed by atoms with Crippen LogP contribution in [-0.2, 0) is 4.79 Å². The lowest BCUT2D eigenvalue weighted by Gasteiger charge is -2.03. The number of hydrogen-bond acceptors (Lipinski definition) is 6. The number of carboxylic acids is 2.